The number of carbonyl (C=O) groups excluding carboxylic acids is 1. The average Bonchev–Trinajstić information content (AvgIpc) is 2.14. The van der Waals surface area contributed by atoms with E-state index in [0.29, 0.717) is 0 Å². The maximum atomic E-state index is 11.6. The lowest BCUT2D eigenvalue weighted by atomic mass is 10.5. The van der Waals surface area contributed by atoms with Gasteiger partial charge in [0.1, 0.15) is 0 Å². The van der Waals surface area contributed by atoms with Gasteiger partial charge < -0.3 is 5.32 Å². The molecule has 1 atom stereocenters. The minimum Gasteiger partial charge on any atom is -0.333 e. The van der Waals surface area contributed by atoms with Crippen LogP contribution in [-0.2, 0) is 4.84 Å². The van der Waals surface area contributed by atoms with Crippen molar-refractivity contribution in [3.05, 3.63) is 12.2 Å². The second-order valence-electron chi connectivity index (χ2n) is 4.50. The maximum absolute atomic E-state index is 11.6. The molecule has 0 aliphatic rings. The third-order valence-corrected chi connectivity index (χ3v) is 4.36. The highest BCUT2D eigenvalue weighted by atomic mass is 28.3. The smallest absolute Gasteiger partial charge is 0.333 e. The van der Waals surface area contributed by atoms with Gasteiger partial charge in [0.15, 0.2) is 0 Å². The molecule has 0 unspecified atom stereocenters. The summed E-state index contributed by atoms with van der Waals surface area (Å²) in [5.74, 6) is 0. The molecule has 0 bridgehead atoms. The zero-order chi connectivity index (χ0) is 12.1. The van der Waals surface area contributed by atoms with Crippen LogP contribution >= 0.6 is 0 Å². The Hall–Kier alpha value is -0.813. The molecular weight excluding hydrogens is 208 g/mol. The Morgan fingerprint density at radius 2 is 2.00 bits per heavy atom. The van der Waals surface area contributed by atoms with Gasteiger partial charge in [0.05, 0.1) is 15.2 Å². The van der Waals surface area contributed by atoms with Gasteiger partial charge in [-0.3, -0.25) is 4.84 Å². The Morgan fingerprint density at radius 3 is 2.33 bits per heavy atom. The highest BCUT2D eigenvalue weighted by molar-refractivity contribution is 6.78. The van der Waals surface area contributed by atoms with Gasteiger partial charge in [-0.2, -0.15) is 0 Å². The fourth-order valence-corrected chi connectivity index (χ4v) is 2.38. The van der Waals surface area contributed by atoms with Crippen molar-refractivity contribution in [2.45, 2.75) is 32.2 Å². The molecule has 4 nitrogen and oxygen atoms in total. The number of nitrogens with zero attached hydrogens (tertiary/aromatic N) is 1. The lowest BCUT2D eigenvalue weighted by molar-refractivity contribution is -0.0647. The minimum absolute atomic E-state index is 0.132. The molecule has 2 amide bonds. The van der Waals surface area contributed by atoms with Crippen molar-refractivity contribution in [2.24, 2.45) is 0 Å². The molecule has 0 aromatic carbocycles. The van der Waals surface area contributed by atoms with Crippen LogP contribution in [0.25, 0.3) is 0 Å². The molecule has 0 radical (unpaired) electrons. The summed E-state index contributed by atoms with van der Waals surface area (Å²) >= 11 is 0. The maximum Gasteiger partial charge on any atom is 0.341 e. The molecule has 0 rings (SSSR count). The fraction of sp³-hybridized carbons (Fsp3) is 0.700. The molecule has 0 aliphatic carbocycles. The molecule has 15 heavy (non-hydrogen) atoms. The number of hydrogen-bond donors (Lipinski definition) is 1. The van der Waals surface area contributed by atoms with Gasteiger partial charge >= 0.3 is 6.03 Å². The topological polar surface area (TPSA) is 41.6 Å². The molecule has 0 aromatic rings. The molecule has 5 heteroatoms. The van der Waals surface area contributed by atoms with Crippen molar-refractivity contribution in [1.82, 2.24) is 10.4 Å². The summed E-state index contributed by atoms with van der Waals surface area (Å²) < 4.78 is 0. The van der Waals surface area contributed by atoms with Crippen LogP contribution in [-0.4, -0.2) is 39.0 Å². The van der Waals surface area contributed by atoms with E-state index in [1.165, 1.54) is 12.2 Å². The molecule has 1 N–H and O–H groups in total. The van der Waals surface area contributed by atoms with Gasteiger partial charge in [0.25, 0.3) is 0 Å². The van der Waals surface area contributed by atoms with E-state index in [0.717, 1.165) is 0 Å². The first-order chi connectivity index (χ1) is 6.82. The van der Waals surface area contributed by atoms with Crippen molar-refractivity contribution in [3.8, 4) is 0 Å². The second-order valence-corrected chi connectivity index (χ2v) is 9.85. The summed E-state index contributed by atoms with van der Waals surface area (Å²) in [5, 5.41) is 4.14. The van der Waals surface area contributed by atoms with Gasteiger partial charge in [0, 0.05) is 12.7 Å². The standard InChI is InChI=1S/C10H22N2O2Si/c1-7-8-9(15(4,5)6)11-10(13)12(2)14-3/h7-9H,1-6H3,(H,11,13)/b8-7+/t9-/m0/s1. The average molecular weight is 230 g/mol. The molecule has 0 fully saturated rings. The van der Waals surface area contributed by atoms with Crippen molar-refractivity contribution >= 4 is 14.1 Å². The zero-order valence-corrected chi connectivity index (χ0v) is 11.5. The van der Waals surface area contributed by atoms with Crippen LogP contribution in [0, 0.1) is 0 Å². The quantitative estimate of drug-likeness (QED) is 0.456. The van der Waals surface area contributed by atoms with Crippen molar-refractivity contribution < 1.29 is 9.63 Å². The van der Waals surface area contributed by atoms with Crippen LogP contribution in [0.1, 0.15) is 6.92 Å². The zero-order valence-electron chi connectivity index (χ0n) is 10.5. The van der Waals surface area contributed by atoms with Crippen molar-refractivity contribution in [2.75, 3.05) is 14.2 Å². The predicted octanol–water partition coefficient (Wildman–Crippen LogP) is 2.01. The number of carbonyl (C=O) groups is 1. The van der Waals surface area contributed by atoms with E-state index in [4.69, 9.17) is 4.84 Å². The van der Waals surface area contributed by atoms with Crippen molar-refractivity contribution in [1.29, 1.82) is 0 Å². The summed E-state index contributed by atoms with van der Waals surface area (Å²) in [4.78, 5) is 16.4. The predicted molar refractivity (Wildman–Crippen MR) is 65.3 cm³/mol. The van der Waals surface area contributed by atoms with Gasteiger partial charge in [-0.15, -0.1) is 0 Å². The first-order valence-electron chi connectivity index (χ1n) is 5.04. The molecule has 0 aliphatic heterocycles. The Bertz CT molecular complexity index is 236. The lowest BCUT2D eigenvalue weighted by Crippen LogP contribution is -2.52. The highest BCUT2D eigenvalue weighted by Crippen LogP contribution is 2.09. The van der Waals surface area contributed by atoms with Crippen LogP contribution in [0.3, 0.4) is 0 Å². The monoisotopic (exact) mass is 230 g/mol. The van der Waals surface area contributed by atoms with Crippen LogP contribution in [0.15, 0.2) is 12.2 Å². The molecule has 0 heterocycles. The molecule has 0 saturated heterocycles. The summed E-state index contributed by atoms with van der Waals surface area (Å²) in [6.07, 6.45) is 4.00. The Balaban J connectivity index is 4.50. The van der Waals surface area contributed by atoms with Gasteiger partial charge in [-0.05, 0) is 6.92 Å². The number of urea groups is 1. The van der Waals surface area contributed by atoms with E-state index in [1.54, 1.807) is 7.05 Å². The summed E-state index contributed by atoms with van der Waals surface area (Å²) in [5.41, 5.74) is 0.132. The van der Waals surface area contributed by atoms with Crippen LogP contribution in [0.4, 0.5) is 4.79 Å². The van der Waals surface area contributed by atoms with E-state index in [-0.39, 0.29) is 11.7 Å². The van der Waals surface area contributed by atoms with Gasteiger partial charge in [-0.1, -0.05) is 31.8 Å². The molecular formula is C10H22N2O2Si. The minimum atomic E-state index is -1.43. The summed E-state index contributed by atoms with van der Waals surface area (Å²) in [7, 11) is 1.63. The van der Waals surface area contributed by atoms with Crippen LogP contribution in [0.2, 0.25) is 19.6 Å². The number of allylic oxidation sites excluding steroid dienone is 1. The SMILES string of the molecule is C/C=C/[C@@H](NC(=O)N(C)OC)[Si](C)(C)C. The normalized spacial score (nSPS) is 14.0. The Labute approximate surface area is 93.3 Å². The number of hydroxylamine groups is 2. The Morgan fingerprint density at radius 1 is 1.47 bits per heavy atom. The first kappa shape index (κ1) is 14.2. The molecule has 0 aromatic heterocycles. The first-order valence-corrected chi connectivity index (χ1v) is 8.61. The van der Waals surface area contributed by atoms with E-state index in [9.17, 15) is 4.79 Å². The highest BCUT2D eigenvalue weighted by Gasteiger charge is 2.26. The number of amides is 2. The number of hydrogen-bond acceptors (Lipinski definition) is 2. The third kappa shape index (κ3) is 4.99. The molecule has 88 valence electrons. The molecule has 0 saturated carbocycles. The number of nitrogens with one attached hydrogen (secondary N) is 1. The Kier molecular flexibility index (Phi) is 5.60. The summed E-state index contributed by atoms with van der Waals surface area (Å²) in [6, 6.07) is -0.206. The van der Waals surface area contributed by atoms with E-state index < -0.39 is 8.07 Å². The fourth-order valence-electron chi connectivity index (χ4n) is 1.05. The summed E-state index contributed by atoms with van der Waals surface area (Å²) in [6.45, 7) is 8.60. The number of rotatable bonds is 4. The third-order valence-electron chi connectivity index (χ3n) is 2.16. The molecule has 0 spiro atoms. The van der Waals surface area contributed by atoms with Gasteiger partial charge in [0.2, 0.25) is 0 Å². The second kappa shape index (κ2) is 5.92. The van der Waals surface area contributed by atoms with Crippen LogP contribution in [0.5, 0.6) is 0 Å². The lowest BCUT2D eigenvalue weighted by Gasteiger charge is -2.28. The van der Waals surface area contributed by atoms with E-state index in [1.807, 2.05) is 19.1 Å². The van der Waals surface area contributed by atoms with Gasteiger partial charge in [-0.25, -0.2) is 9.86 Å². The van der Waals surface area contributed by atoms with Crippen LogP contribution < -0.4 is 5.32 Å². The largest absolute Gasteiger partial charge is 0.341 e. The van der Waals surface area contributed by atoms with Crippen molar-refractivity contribution in [3.63, 3.8) is 0 Å². The van der Waals surface area contributed by atoms with E-state index >= 15 is 0 Å². The van der Waals surface area contributed by atoms with E-state index in [2.05, 4.69) is 25.0 Å².